The normalized spacial score (nSPS) is 15.8. The Hall–Kier alpha value is -2.65. The van der Waals surface area contributed by atoms with E-state index < -0.39 is 12.0 Å². The fourth-order valence-electron chi connectivity index (χ4n) is 3.69. The van der Waals surface area contributed by atoms with E-state index in [0.29, 0.717) is 25.6 Å². The highest BCUT2D eigenvalue weighted by molar-refractivity contribution is 7.98. The van der Waals surface area contributed by atoms with Gasteiger partial charge in [0.15, 0.2) is 4.80 Å². The number of halogens is 1. The maximum atomic E-state index is 13.6. The molecular formula is C25H23ClN2O4S2. The van der Waals surface area contributed by atoms with Crippen LogP contribution < -0.4 is 14.9 Å². The van der Waals surface area contributed by atoms with Crippen LogP contribution in [0.3, 0.4) is 0 Å². The van der Waals surface area contributed by atoms with Gasteiger partial charge in [0.25, 0.3) is 5.56 Å². The van der Waals surface area contributed by atoms with Crippen LogP contribution in [0.2, 0.25) is 5.02 Å². The number of esters is 1. The van der Waals surface area contributed by atoms with Crippen LogP contribution in [-0.4, -0.2) is 37.1 Å². The van der Waals surface area contributed by atoms with Crippen LogP contribution in [0.25, 0.3) is 6.08 Å². The van der Waals surface area contributed by atoms with Gasteiger partial charge in [0, 0.05) is 17.0 Å². The van der Waals surface area contributed by atoms with Crippen molar-refractivity contribution >= 4 is 46.7 Å². The average Bonchev–Trinajstić information content (AvgIpc) is 3.13. The number of allylic oxidation sites excluding steroid dienone is 1. The van der Waals surface area contributed by atoms with Crippen molar-refractivity contribution in [1.82, 2.24) is 4.57 Å². The first-order valence-electron chi connectivity index (χ1n) is 10.5. The molecule has 34 heavy (non-hydrogen) atoms. The van der Waals surface area contributed by atoms with Crippen LogP contribution in [0, 0.1) is 0 Å². The zero-order valence-electron chi connectivity index (χ0n) is 18.9. The minimum absolute atomic E-state index is 0.107. The van der Waals surface area contributed by atoms with E-state index in [4.69, 9.17) is 21.1 Å². The Balaban J connectivity index is 1.85. The lowest BCUT2D eigenvalue weighted by Gasteiger charge is -2.24. The molecule has 1 aromatic heterocycles. The highest BCUT2D eigenvalue weighted by Gasteiger charge is 2.33. The van der Waals surface area contributed by atoms with E-state index >= 15 is 0 Å². The molecule has 4 rings (SSSR count). The Morgan fingerprint density at radius 1 is 1.18 bits per heavy atom. The van der Waals surface area contributed by atoms with Gasteiger partial charge < -0.3 is 9.47 Å². The van der Waals surface area contributed by atoms with Crippen molar-refractivity contribution in [3.63, 3.8) is 0 Å². The molecule has 0 bridgehead atoms. The molecule has 0 aliphatic carbocycles. The number of methoxy groups -OCH3 is 1. The number of ether oxygens (including phenoxy) is 2. The molecule has 6 nitrogen and oxygen atoms in total. The fourth-order valence-corrected chi connectivity index (χ4v) is 5.27. The highest BCUT2D eigenvalue weighted by Crippen LogP contribution is 2.31. The molecule has 0 fully saturated rings. The third-order valence-corrected chi connectivity index (χ3v) is 7.34. The number of nitrogens with zero attached hydrogens (tertiary/aromatic N) is 2. The zero-order chi connectivity index (χ0) is 24.2. The number of thiazole rings is 1. The van der Waals surface area contributed by atoms with E-state index in [9.17, 15) is 9.59 Å². The molecule has 0 amide bonds. The Kier molecular flexibility index (Phi) is 7.73. The number of fused-ring (bicyclic) bond motifs is 1. The second kappa shape index (κ2) is 10.7. The van der Waals surface area contributed by atoms with E-state index in [1.807, 2.05) is 48.7 Å². The minimum Gasteiger partial charge on any atom is -0.460 e. The molecule has 3 aromatic rings. The minimum atomic E-state index is -0.676. The summed E-state index contributed by atoms with van der Waals surface area (Å²) in [7, 11) is 1.54. The van der Waals surface area contributed by atoms with Gasteiger partial charge in [-0.1, -0.05) is 47.2 Å². The lowest BCUT2D eigenvalue weighted by atomic mass is 9.96. The molecule has 1 unspecified atom stereocenters. The highest BCUT2D eigenvalue weighted by atomic mass is 35.5. The number of aromatic nitrogens is 1. The lowest BCUT2D eigenvalue weighted by Crippen LogP contribution is -2.40. The van der Waals surface area contributed by atoms with Crippen molar-refractivity contribution in [1.29, 1.82) is 0 Å². The SMILES string of the molecule is COCCOC(=O)C1=C(C)N=c2sc(=Cc3ccc(SC)cc3)c(=O)n2C1c1ccc(Cl)cc1. The maximum Gasteiger partial charge on any atom is 0.338 e. The van der Waals surface area contributed by atoms with Crippen molar-refractivity contribution in [3.05, 3.63) is 95.6 Å². The van der Waals surface area contributed by atoms with Crippen LogP contribution >= 0.6 is 34.7 Å². The molecule has 1 aliphatic rings. The van der Waals surface area contributed by atoms with Crippen LogP contribution in [0.15, 0.2) is 74.5 Å². The predicted octanol–water partition coefficient (Wildman–Crippen LogP) is 3.80. The maximum absolute atomic E-state index is 13.6. The van der Waals surface area contributed by atoms with E-state index in [1.54, 1.807) is 35.4 Å². The van der Waals surface area contributed by atoms with Gasteiger partial charge in [0.1, 0.15) is 6.61 Å². The number of hydrogen-bond donors (Lipinski definition) is 0. The summed E-state index contributed by atoms with van der Waals surface area (Å²) in [6, 6.07) is 14.4. The van der Waals surface area contributed by atoms with Gasteiger partial charge in [-0.3, -0.25) is 9.36 Å². The summed E-state index contributed by atoms with van der Waals surface area (Å²) in [6.07, 6.45) is 3.87. The summed E-state index contributed by atoms with van der Waals surface area (Å²) in [5.41, 5.74) is 2.28. The number of benzene rings is 2. The van der Waals surface area contributed by atoms with Gasteiger partial charge in [-0.05, 0) is 54.6 Å². The molecule has 176 valence electrons. The summed E-state index contributed by atoms with van der Waals surface area (Å²) in [6.45, 7) is 2.14. The van der Waals surface area contributed by atoms with Crippen molar-refractivity contribution in [2.75, 3.05) is 26.6 Å². The number of carbonyl (C=O) groups excluding carboxylic acids is 1. The first-order valence-corrected chi connectivity index (χ1v) is 12.9. The molecule has 2 heterocycles. The molecule has 9 heteroatoms. The van der Waals surface area contributed by atoms with Gasteiger partial charge >= 0.3 is 5.97 Å². The average molecular weight is 515 g/mol. The summed E-state index contributed by atoms with van der Waals surface area (Å²) in [5.74, 6) is -0.528. The first kappa shape index (κ1) is 24.5. The molecule has 0 saturated carbocycles. The number of carbonyl (C=O) groups is 1. The van der Waals surface area contributed by atoms with Gasteiger partial charge in [-0.2, -0.15) is 0 Å². The van der Waals surface area contributed by atoms with Gasteiger partial charge in [0.05, 0.1) is 28.5 Å². The van der Waals surface area contributed by atoms with Crippen molar-refractivity contribution in [3.8, 4) is 0 Å². The summed E-state index contributed by atoms with van der Waals surface area (Å²) in [5, 5.41) is 0.565. The summed E-state index contributed by atoms with van der Waals surface area (Å²) < 4.78 is 12.5. The Morgan fingerprint density at radius 2 is 1.88 bits per heavy atom. The molecular weight excluding hydrogens is 492 g/mol. The molecule has 0 spiro atoms. The monoisotopic (exact) mass is 514 g/mol. The molecule has 1 aliphatic heterocycles. The van der Waals surface area contributed by atoms with E-state index in [-0.39, 0.29) is 18.8 Å². The molecule has 1 atom stereocenters. The Labute approximate surface area is 210 Å². The fraction of sp³-hybridized carbons (Fsp3) is 0.240. The van der Waals surface area contributed by atoms with E-state index in [0.717, 1.165) is 16.0 Å². The Bertz CT molecular complexity index is 1410. The quantitative estimate of drug-likeness (QED) is 0.272. The van der Waals surface area contributed by atoms with Crippen molar-refractivity contribution in [2.24, 2.45) is 4.99 Å². The molecule has 0 saturated heterocycles. The van der Waals surface area contributed by atoms with Crippen LogP contribution in [0.1, 0.15) is 24.1 Å². The summed E-state index contributed by atoms with van der Waals surface area (Å²) >= 11 is 9.06. The van der Waals surface area contributed by atoms with Gasteiger partial charge in [0.2, 0.25) is 0 Å². The van der Waals surface area contributed by atoms with Gasteiger partial charge in [-0.15, -0.1) is 11.8 Å². The largest absolute Gasteiger partial charge is 0.460 e. The number of rotatable bonds is 7. The second-order valence-corrected chi connectivity index (χ2v) is 9.86. The standard InChI is InChI=1S/C25H23ClN2O4S2/c1-15-21(24(30)32-13-12-31-2)22(17-6-8-18(26)9-7-17)28-23(29)20(34-25(28)27-15)14-16-4-10-19(33-3)11-5-16/h4-11,14,22H,12-13H2,1-3H3. The lowest BCUT2D eigenvalue weighted by molar-refractivity contribution is -0.140. The predicted molar refractivity (Wildman–Crippen MR) is 136 cm³/mol. The van der Waals surface area contributed by atoms with E-state index in [1.165, 1.54) is 18.4 Å². The second-order valence-electron chi connectivity index (χ2n) is 7.54. The van der Waals surface area contributed by atoms with Crippen LogP contribution in [0.4, 0.5) is 0 Å². The van der Waals surface area contributed by atoms with Gasteiger partial charge in [-0.25, -0.2) is 9.79 Å². The van der Waals surface area contributed by atoms with E-state index in [2.05, 4.69) is 4.99 Å². The zero-order valence-corrected chi connectivity index (χ0v) is 21.3. The smallest absolute Gasteiger partial charge is 0.338 e. The third kappa shape index (κ3) is 5.05. The topological polar surface area (TPSA) is 69.9 Å². The van der Waals surface area contributed by atoms with Crippen LogP contribution in [-0.2, 0) is 14.3 Å². The number of hydrogen-bond acceptors (Lipinski definition) is 7. The van der Waals surface area contributed by atoms with Crippen molar-refractivity contribution in [2.45, 2.75) is 17.9 Å². The van der Waals surface area contributed by atoms with Crippen LogP contribution in [0.5, 0.6) is 0 Å². The molecule has 0 N–H and O–H groups in total. The Morgan fingerprint density at radius 3 is 2.53 bits per heavy atom. The molecule has 0 radical (unpaired) electrons. The number of thioether (sulfide) groups is 1. The first-order chi connectivity index (χ1) is 16.4. The third-order valence-electron chi connectivity index (χ3n) is 5.36. The summed E-state index contributed by atoms with van der Waals surface area (Å²) in [4.78, 5) is 32.9. The van der Waals surface area contributed by atoms with Crippen molar-refractivity contribution < 1.29 is 14.3 Å². The molecule has 2 aromatic carbocycles.